The monoisotopic (exact) mass is 255 g/mol. The Labute approximate surface area is 111 Å². The van der Waals surface area contributed by atoms with Crippen LogP contribution in [0.25, 0.3) is 11.0 Å². The summed E-state index contributed by atoms with van der Waals surface area (Å²) in [6, 6.07) is 6.01. The van der Waals surface area contributed by atoms with E-state index in [0.29, 0.717) is 5.92 Å². The summed E-state index contributed by atoms with van der Waals surface area (Å²) in [7, 11) is 0. The first-order chi connectivity index (χ1) is 9.22. The average Bonchev–Trinajstić information content (AvgIpc) is 2.98. The summed E-state index contributed by atoms with van der Waals surface area (Å²) in [6.07, 6.45) is 4.67. The third kappa shape index (κ3) is 2.45. The molecule has 5 nitrogen and oxygen atoms in total. The number of H-pyrrole nitrogens is 2. The van der Waals surface area contributed by atoms with Crippen molar-refractivity contribution >= 4 is 22.5 Å². The first-order valence-corrected chi connectivity index (χ1v) is 6.46. The Balaban J connectivity index is 1.84. The number of hydrogen-bond donors (Lipinski definition) is 3. The van der Waals surface area contributed by atoms with E-state index in [9.17, 15) is 0 Å². The zero-order valence-electron chi connectivity index (χ0n) is 11.1. The second-order valence-corrected chi connectivity index (χ2v) is 5.10. The van der Waals surface area contributed by atoms with Gasteiger partial charge in [-0.25, -0.2) is 4.98 Å². The predicted molar refractivity (Wildman–Crippen MR) is 76.5 cm³/mol. The summed E-state index contributed by atoms with van der Waals surface area (Å²) in [6.45, 7) is 4.39. The van der Waals surface area contributed by atoms with E-state index in [4.69, 9.17) is 0 Å². The Morgan fingerprint density at radius 1 is 1.32 bits per heavy atom. The summed E-state index contributed by atoms with van der Waals surface area (Å²) in [5.41, 5.74) is 3.04. The van der Waals surface area contributed by atoms with Crippen molar-refractivity contribution in [2.45, 2.75) is 20.3 Å². The Kier molecular flexibility index (Phi) is 2.95. The Morgan fingerprint density at radius 3 is 3.05 bits per heavy atom. The molecule has 0 atom stereocenters. The van der Waals surface area contributed by atoms with Gasteiger partial charge in [0.1, 0.15) is 5.65 Å². The lowest BCUT2D eigenvalue weighted by atomic mass is 10.1. The van der Waals surface area contributed by atoms with E-state index < -0.39 is 0 Å². The van der Waals surface area contributed by atoms with Crippen molar-refractivity contribution in [3.63, 3.8) is 0 Å². The third-order valence-corrected chi connectivity index (χ3v) is 2.98. The van der Waals surface area contributed by atoms with Gasteiger partial charge in [-0.2, -0.15) is 5.10 Å². The van der Waals surface area contributed by atoms with Gasteiger partial charge in [-0.15, -0.1) is 0 Å². The number of pyridine rings is 1. The van der Waals surface area contributed by atoms with Crippen molar-refractivity contribution in [2.24, 2.45) is 5.92 Å². The van der Waals surface area contributed by atoms with E-state index >= 15 is 0 Å². The van der Waals surface area contributed by atoms with E-state index in [0.717, 1.165) is 34.7 Å². The number of nitrogens with one attached hydrogen (secondary N) is 3. The maximum absolute atomic E-state index is 4.29. The van der Waals surface area contributed by atoms with Crippen LogP contribution in [0.2, 0.25) is 0 Å². The van der Waals surface area contributed by atoms with Crippen molar-refractivity contribution in [1.29, 1.82) is 0 Å². The molecule has 0 aliphatic rings. The molecular weight excluding hydrogens is 238 g/mol. The molecule has 0 aliphatic carbocycles. The molecule has 0 aromatic carbocycles. The molecular formula is C14H17N5. The Hall–Kier alpha value is -2.30. The van der Waals surface area contributed by atoms with Gasteiger partial charge in [0.25, 0.3) is 0 Å². The fourth-order valence-electron chi connectivity index (χ4n) is 2.18. The maximum atomic E-state index is 4.29. The van der Waals surface area contributed by atoms with Crippen molar-refractivity contribution < 1.29 is 0 Å². The lowest BCUT2D eigenvalue weighted by Crippen LogP contribution is -1.93. The smallest absolute Gasteiger partial charge is 0.152 e. The highest BCUT2D eigenvalue weighted by Crippen LogP contribution is 2.23. The van der Waals surface area contributed by atoms with Gasteiger partial charge in [0.05, 0.1) is 5.69 Å². The first kappa shape index (κ1) is 11.8. The second-order valence-electron chi connectivity index (χ2n) is 5.10. The van der Waals surface area contributed by atoms with Crippen LogP contribution in [0.4, 0.5) is 11.5 Å². The van der Waals surface area contributed by atoms with Crippen LogP contribution in [0.3, 0.4) is 0 Å². The SMILES string of the molecule is CC(C)Cc1cc(Nc2ccnc3[nH]ccc23)n[nH]1. The van der Waals surface area contributed by atoms with Crippen LogP contribution in [0, 0.1) is 5.92 Å². The average molecular weight is 255 g/mol. The normalized spacial score (nSPS) is 11.3. The number of anilines is 2. The Morgan fingerprint density at radius 2 is 2.21 bits per heavy atom. The van der Waals surface area contributed by atoms with E-state index in [2.05, 4.69) is 45.4 Å². The molecule has 5 heteroatoms. The fraction of sp³-hybridized carbons (Fsp3) is 0.286. The number of aromatic amines is 2. The number of nitrogens with zero attached hydrogens (tertiary/aromatic N) is 2. The highest BCUT2D eigenvalue weighted by atomic mass is 15.2. The molecule has 3 N–H and O–H groups in total. The molecule has 19 heavy (non-hydrogen) atoms. The maximum Gasteiger partial charge on any atom is 0.152 e. The minimum atomic E-state index is 0.616. The third-order valence-electron chi connectivity index (χ3n) is 2.98. The van der Waals surface area contributed by atoms with Crippen LogP contribution >= 0.6 is 0 Å². The number of aromatic nitrogens is 4. The molecule has 0 fully saturated rings. The second kappa shape index (κ2) is 4.76. The molecule has 3 rings (SSSR count). The summed E-state index contributed by atoms with van der Waals surface area (Å²) in [5.74, 6) is 1.45. The lowest BCUT2D eigenvalue weighted by molar-refractivity contribution is 0.633. The van der Waals surface area contributed by atoms with Crippen LogP contribution < -0.4 is 5.32 Å². The molecule has 98 valence electrons. The first-order valence-electron chi connectivity index (χ1n) is 6.46. The number of hydrogen-bond acceptors (Lipinski definition) is 3. The fourth-order valence-corrected chi connectivity index (χ4v) is 2.18. The Bertz CT molecular complexity index is 680. The molecule has 3 aromatic heterocycles. The molecule has 0 radical (unpaired) electrons. The summed E-state index contributed by atoms with van der Waals surface area (Å²) >= 11 is 0. The largest absolute Gasteiger partial charge is 0.346 e. The van der Waals surface area contributed by atoms with E-state index in [-0.39, 0.29) is 0 Å². The van der Waals surface area contributed by atoms with E-state index in [1.807, 2.05) is 18.3 Å². The molecule has 0 unspecified atom stereocenters. The minimum Gasteiger partial charge on any atom is -0.346 e. The van der Waals surface area contributed by atoms with Crippen molar-refractivity contribution in [2.75, 3.05) is 5.32 Å². The summed E-state index contributed by atoms with van der Waals surface area (Å²) < 4.78 is 0. The van der Waals surface area contributed by atoms with Gasteiger partial charge in [-0.05, 0) is 24.5 Å². The van der Waals surface area contributed by atoms with Gasteiger partial charge in [-0.1, -0.05) is 13.8 Å². The molecule has 0 bridgehead atoms. The van der Waals surface area contributed by atoms with Gasteiger partial charge < -0.3 is 10.3 Å². The van der Waals surface area contributed by atoms with Gasteiger partial charge in [-0.3, -0.25) is 5.10 Å². The van der Waals surface area contributed by atoms with E-state index in [1.165, 1.54) is 0 Å². The summed E-state index contributed by atoms with van der Waals surface area (Å²) in [5, 5.41) is 11.7. The zero-order chi connectivity index (χ0) is 13.2. The van der Waals surface area contributed by atoms with Gasteiger partial charge in [0.2, 0.25) is 0 Å². The van der Waals surface area contributed by atoms with Gasteiger partial charge in [0, 0.05) is 29.5 Å². The number of rotatable bonds is 4. The van der Waals surface area contributed by atoms with Crippen molar-refractivity contribution in [3.8, 4) is 0 Å². The molecule has 0 spiro atoms. The topological polar surface area (TPSA) is 69.4 Å². The molecule has 0 amide bonds. The molecule has 0 saturated carbocycles. The van der Waals surface area contributed by atoms with Crippen LogP contribution in [0.1, 0.15) is 19.5 Å². The van der Waals surface area contributed by atoms with E-state index in [1.54, 1.807) is 6.20 Å². The zero-order valence-corrected chi connectivity index (χ0v) is 11.1. The van der Waals surface area contributed by atoms with Gasteiger partial charge >= 0.3 is 0 Å². The lowest BCUT2D eigenvalue weighted by Gasteiger charge is -2.03. The quantitative estimate of drug-likeness (QED) is 0.670. The minimum absolute atomic E-state index is 0.616. The number of fused-ring (bicyclic) bond motifs is 1. The van der Waals surface area contributed by atoms with Crippen molar-refractivity contribution in [1.82, 2.24) is 20.2 Å². The summed E-state index contributed by atoms with van der Waals surface area (Å²) in [4.78, 5) is 7.36. The molecule has 3 heterocycles. The highest BCUT2D eigenvalue weighted by Gasteiger charge is 2.06. The highest BCUT2D eigenvalue weighted by molar-refractivity contribution is 5.90. The standard InChI is InChI=1S/C14H17N5/c1-9(2)7-10-8-13(19-18-10)17-12-4-6-16-14-11(12)3-5-15-14/h3-6,8-9H,7H2,1-2H3,(H3,15,16,17,18,19). The molecule has 0 aliphatic heterocycles. The predicted octanol–water partition coefficient (Wildman–Crippen LogP) is 3.23. The van der Waals surface area contributed by atoms with Crippen LogP contribution in [-0.2, 0) is 6.42 Å². The molecule has 0 saturated heterocycles. The van der Waals surface area contributed by atoms with Crippen LogP contribution in [-0.4, -0.2) is 20.2 Å². The van der Waals surface area contributed by atoms with Gasteiger partial charge in [0.15, 0.2) is 5.82 Å². The van der Waals surface area contributed by atoms with Crippen molar-refractivity contribution in [3.05, 3.63) is 36.3 Å². The van der Waals surface area contributed by atoms with Crippen LogP contribution in [0.5, 0.6) is 0 Å². The molecule has 3 aromatic rings. The van der Waals surface area contributed by atoms with Crippen LogP contribution in [0.15, 0.2) is 30.6 Å².